The molecule has 0 spiro atoms. The van der Waals surface area contributed by atoms with Gasteiger partial charge in [0.1, 0.15) is 6.54 Å². The lowest BCUT2D eigenvalue weighted by Gasteiger charge is -2.08. The van der Waals surface area contributed by atoms with Gasteiger partial charge in [0, 0.05) is 17.5 Å². The molecule has 0 saturated carbocycles. The van der Waals surface area contributed by atoms with Crippen molar-refractivity contribution >= 4 is 0 Å². The predicted octanol–water partition coefficient (Wildman–Crippen LogP) is 17.7. The third kappa shape index (κ3) is 34.9. The van der Waals surface area contributed by atoms with Crippen molar-refractivity contribution in [3.8, 4) is 0 Å². The maximum Gasteiger partial charge on any atom is 0.171 e. The van der Waals surface area contributed by atoms with Crippen LogP contribution in [-0.2, 0) is 19.4 Å². The van der Waals surface area contributed by atoms with E-state index in [4.69, 9.17) is 0 Å². The number of hydrogen-bond donors (Lipinski definition) is 0. The molecule has 1 heteroatoms. The van der Waals surface area contributed by atoms with Gasteiger partial charge in [-0.1, -0.05) is 252 Å². The van der Waals surface area contributed by atoms with Crippen molar-refractivity contribution in [1.82, 2.24) is 0 Å². The number of hydrogen-bond acceptors (Lipinski definition) is 0. The lowest BCUT2D eigenvalue weighted by Crippen LogP contribution is -2.34. The topological polar surface area (TPSA) is 3.88 Å². The Morgan fingerprint density at radius 1 is 0.269 bits per heavy atom. The van der Waals surface area contributed by atoms with Crippen molar-refractivity contribution in [2.24, 2.45) is 0 Å². The summed E-state index contributed by atoms with van der Waals surface area (Å²) in [5, 5.41) is 0. The van der Waals surface area contributed by atoms with Crippen LogP contribution in [0, 0.1) is 0 Å². The largest absolute Gasteiger partial charge is 0.205 e. The molecule has 0 aromatic carbocycles. The third-order valence-corrected chi connectivity index (χ3v) is 11.9. The predicted molar refractivity (Wildman–Crippen MR) is 236 cm³/mol. The van der Waals surface area contributed by atoms with Gasteiger partial charge in [-0.3, -0.25) is 0 Å². The van der Waals surface area contributed by atoms with Gasteiger partial charge in [-0.2, -0.15) is 0 Å². The highest BCUT2D eigenvalue weighted by molar-refractivity contribution is 5.15. The van der Waals surface area contributed by atoms with Crippen LogP contribution in [0.1, 0.15) is 289 Å². The van der Waals surface area contributed by atoms with Crippen LogP contribution in [0.2, 0.25) is 0 Å². The fraction of sp³-hybridized carbons (Fsp3) is 0.902. The normalized spacial score (nSPS) is 11.6. The van der Waals surface area contributed by atoms with Gasteiger partial charge in [0.15, 0.2) is 12.4 Å². The van der Waals surface area contributed by atoms with Crippen molar-refractivity contribution < 1.29 is 4.57 Å². The van der Waals surface area contributed by atoms with Crippen molar-refractivity contribution in [2.75, 3.05) is 0 Å². The molecule has 0 atom stereocenters. The molecule has 0 fully saturated rings. The summed E-state index contributed by atoms with van der Waals surface area (Å²) < 4.78 is 2.59. The molecule has 0 bridgehead atoms. The van der Waals surface area contributed by atoms with E-state index in [0.29, 0.717) is 0 Å². The van der Waals surface area contributed by atoms with Gasteiger partial charge in [-0.25, -0.2) is 4.57 Å². The summed E-state index contributed by atoms with van der Waals surface area (Å²) in [6, 6.07) is 2.59. The fourth-order valence-electron chi connectivity index (χ4n) is 8.36. The van der Waals surface area contributed by atoms with Crippen LogP contribution in [-0.4, -0.2) is 0 Å². The van der Waals surface area contributed by atoms with E-state index in [-0.39, 0.29) is 0 Å². The van der Waals surface area contributed by atoms with Gasteiger partial charge in [-0.05, 0) is 38.2 Å². The van der Waals surface area contributed by atoms with Crippen LogP contribution < -0.4 is 4.57 Å². The van der Waals surface area contributed by atoms with Crippen LogP contribution in [0.3, 0.4) is 0 Å². The van der Waals surface area contributed by atoms with Crippen LogP contribution in [0.25, 0.3) is 0 Å². The van der Waals surface area contributed by atoms with E-state index in [1.54, 1.807) is 11.1 Å². The van der Waals surface area contributed by atoms with Gasteiger partial charge in [-0.15, -0.1) is 0 Å². The van der Waals surface area contributed by atoms with E-state index in [2.05, 4.69) is 43.8 Å². The van der Waals surface area contributed by atoms with Crippen molar-refractivity contribution in [3.63, 3.8) is 0 Å². The van der Waals surface area contributed by atoms with Gasteiger partial charge >= 0.3 is 0 Å². The Balaban J connectivity index is 2.29. The second-order valence-electron chi connectivity index (χ2n) is 17.4. The number of nitrogens with zero attached hydrogens (tertiary/aromatic N) is 1. The SMILES string of the molecule is CCCCCCCCCCCCCCCCc1cc(CCCCCCCCCCCCCCCC)c[n+](CCCCCCCCCCCCCC)c1. The smallest absolute Gasteiger partial charge is 0.171 e. The molecular weight excluding hydrogens is 627 g/mol. The molecule has 1 aromatic heterocycles. The minimum absolute atomic E-state index is 1.22. The summed E-state index contributed by atoms with van der Waals surface area (Å²) in [6.45, 7) is 8.17. The minimum atomic E-state index is 1.22. The molecule has 1 aromatic rings. The van der Waals surface area contributed by atoms with Crippen LogP contribution in [0.4, 0.5) is 0 Å². The molecule has 0 aliphatic rings. The summed E-state index contributed by atoms with van der Waals surface area (Å²) in [6.07, 6.45) is 65.3. The van der Waals surface area contributed by atoms with Crippen LogP contribution in [0.5, 0.6) is 0 Å². The van der Waals surface area contributed by atoms with E-state index in [1.807, 2.05) is 0 Å². The maximum absolute atomic E-state index is 2.59. The first-order valence-corrected chi connectivity index (χ1v) is 24.8. The Morgan fingerprint density at radius 3 is 0.731 bits per heavy atom. The highest BCUT2D eigenvalue weighted by atomic mass is 14.9. The Labute approximate surface area is 330 Å². The van der Waals surface area contributed by atoms with Crippen molar-refractivity contribution in [1.29, 1.82) is 0 Å². The van der Waals surface area contributed by atoms with Crippen molar-refractivity contribution in [2.45, 2.75) is 297 Å². The second kappa shape index (κ2) is 41.3. The number of unbranched alkanes of at least 4 members (excludes halogenated alkanes) is 37. The average Bonchev–Trinajstić information content (AvgIpc) is 3.15. The highest BCUT2D eigenvalue weighted by Crippen LogP contribution is 2.17. The first kappa shape index (κ1) is 49.2. The van der Waals surface area contributed by atoms with E-state index in [1.165, 1.54) is 276 Å². The maximum atomic E-state index is 2.59. The molecule has 0 amide bonds. The van der Waals surface area contributed by atoms with Gasteiger partial charge in [0.25, 0.3) is 0 Å². The zero-order chi connectivity index (χ0) is 37.3. The van der Waals surface area contributed by atoms with Gasteiger partial charge in [0.2, 0.25) is 0 Å². The number of rotatable bonds is 43. The zero-order valence-corrected chi connectivity index (χ0v) is 36.6. The first-order valence-electron chi connectivity index (χ1n) is 24.8. The molecular formula is C51H98N+. The van der Waals surface area contributed by atoms with Crippen molar-refractivity contribution in [3.05, 3.63) is 29.6 Å². The molecule has 0 aliphatic heterocycles. The molecule has 52 heavy (non-hydrogen) atoms. The van der Waals surface area contributed by atoms with Crippen LogP contribution in [0.15, 0.2) is 18.5 Å². The van der Waals surface area contributed by atoms with E-state index in [9.17, 15) is 0 Å². The lowest BCUT2D eigenvalue weighted by molar-refractivity contribution is -0.698. The molecule has 1 nitrogen and oxygen atoms in total. The Kier molecular flexibility index (Phi) is 39.1. The van der Waals surface area contributed by atoms with E-state index < -0.39 is 0 Å². The summed E-state index contributed by atoms with van der Waals surface area (Å²) in [5.74, 6) is 0. The first-order chi connectivity index (χ1) is 25.8. The summed E-state index contributed by atoms with van der Waals surface area (Å²) in [5.41, 5.74) is 3.22. The fourth-order valence-corrected chi connectivity index (χ4v) is 8.36. The third-order valence-electron chi connectivity index (χ3n) is 11.9. The number of aryl methyl sites for hydroxylation is 3. The summed E-state index contributed by atoms with van der Waals surface area (Å²) >= 11 is 0. The molecule has 0 unspecified atom stereocenters. The van der Waals surface area contributed by atoms with Gasteiger partial charge < -0.3 is 0 Å². The monoisotopic (exact) mass is 725 g/mol. The molecule has 306 valence electrons. The average molecular weight is 725 g/mol. The molecule has 0 N–H and O–H groups in total. The number of aromatic nitrogens is 1. The standard InChI is InChI=1S/C51H98N/c1-4-7-10-13-16-19-22-25-27-29-32-35-38-41-44-50-47-51(45-42-39-36-33-30-28-26-23-20-17-14-11-8-5-2)49-52(48-50)46-43-40-37-34-31-24-21-18-15-12-9-6-3/h47-49H,4-46H2,1-3H3/q+1. The minimum Gasteiger partial charge on any atom is -0.205 e. The van der Waals surface area contributed by atoms with Crippen LogP contribution >= 0.6 is 0 Å². The molecule has 0 aliphatic carbocycles. The molecule has 0 radical (unpaired) electrons. The van der Waals surface area contributed by atoms with E-state index >= 15 is 0 Å². The Hall–Kier alpha value is -0.850. The van der Waals surface area contributed by atoms with Gasteiger partial charge in [0.05, 0.1) is 0 Å². The molecule has 0 saturated heterocycles. The lowest BCUT2D eigenvalue weighted by atomic mass is 10.0. The molecule has 1 rings (SSSR count). The quantitative estimate of drug-likeness (QED) is 0.0466. The number of pyridine rings is 1. The second-order valence-corrected chi connectivity index (χ2v) is 17.4. The Morgan fingerprint density at radius 2 is 0.481 bits per heavy atom. The molecule has 1 heterocycles. The van der Waals surface area contributed by atoms with E-state index in [0.717, 1.165) is 0 Å². The summed E-state index contributed by atoms with van der Waals surface area (Å²) in [7, 11) is 0. The Bertz CT molecular complexity index is 763. The summed E-state index contributed by atoms with van der Waals surface area (Å²) in [4.78, 5) is 0. The highest BCUT2D eigenvalue weighted by Gasteiger charge is 2.09. The zero-order valence-electron chi connectivity index (χ0n) is 36.6.